The van der Waals surface area contributed by atoms with E-state index in [0.717, 1.165) is 22.7 Å². The molecule has 6 heteroatoms. The van der Waals surface area contributed by atoms with E-state index in [4.69, 9.17) is 0 Å². The normalized spacial score (nSPS) is 13.8. The standard InChI is InChI=1S/C86H64B2N4/c1-85(2,3)53-45-79-83-82(48-53)92(58-42-44-68-64-34-16-14-30-60(64)62-32-18-20-36-66(62)70(68)50-58)78-52-77-73(51-74(78)87(83)71-37-21-23-39-75(71)89(79)55-25-9-7-10-26-55)88-72-38-22-24-40-76(72)91(81-47-54(86(4,5)6)46-80(84(81)88)90(77)56-27-11-8-12-28-56)57-41-43-67-63-33-15-13-29-59(63)61-31-17-19-35-65(61)69(67)49-57/h7-52H,1-6H3. The quantitative estimate of drug-likeness (QED) is 0.129. The number of fused-ring (bicyclic) bond motifs is 20. The number of nitrogens with zero attached hydrogens (tertiary/aromatic N) is 4. The Morgan fingerprint density at radius 1 is 0.207 bits per heavy atom. The number of hydrogen-bond acceptors (Lipinski definition) is 4. The van der Waals surface area contributed by atoms with E-state index in [2.05, 4.69) is 340 Å². The molecule has 92 heavy (non-hydrogen) atoms. The highest BCUT2D eigenvalue weighted by Crippen LogP contribution is 2.52. The van der Waals surface area contributed by atoms with Crippen molar-refractivity contribution in [3.05, 3.63) is 290 Å². The van der Waals surface area contributed by atoms with Gasteiger partial charge in [0.15, 0.2) is 0 Å². The number of benzene rings is 15. The van der Waals surface area contributed by atoms with Gasteiger partial charge >= 0.3 is 0 Å². The maximum Gasteiger partial charge on any atom is 0.252 e. The van der Waals surface area contributed by atoms with Gasteiger partial charge < -0.3 is 19.6 Å². The van der Waals surface area contributed by atoms with Crippen molar-refractivity contribution in [2.45, 2.75) is 52.4 Å². The first kappa shape index (κ1) is 53.1. The maximum absolute atomic E-state index is 2.68. The molecule has 0 saturated heterocycles. The van der Waals surface area contributed by atoms with E-state index >= 15 is 0 Å². The lowest BCUT2D eigenvalue weighted by Crippen LogP contribution is -2.65. The topological polar surface area (TPSA) is 13.0 Å². The van der Waals surface area contributed by atoms with Gasteiger partial charge in [0.05, 0.1) is 0 Å². The van der Waals surface area contributed by atoms with Crippen LogP contribution in [0.15, 0.2) is 279 Å². The molecule has 0 aromatic heterocycles. The summed E-state index contributed by atoms with van der Waals surface area (Å²) in [5, 5.41) is 15.2. The number of rotatable bonds is 4. The van der Waals surface area contributed by atoms with Crippen LogP contribution in [-0.4, -0.2) is 13.4 Å². The van der Waals surface area contributed by atoms with E-state index < -0.39 is 0 Å². The predicted molar refractivity (Wildman–Crippen MR) is 397 cm³/mol. The molecule has 0 amide bonds. The number of para-hydroxylation sites is 4. The van der Waals surface area contributed by atoms with E-state index in [1.165, 1.54) is 154 Å². The molecule has 0 fully saturated rings. The lowest BCUT2D eigenvalue weighted by molar-refractivity contribution is 0.590. The molecule has 15 aromatic rings. The van der Waals surface area contributed by atoms with E-state index in [1.807, 2.05) is 0 Å². The number of hydrogen-bond donors (Lipinski definition) is 0. The highest BCUT2D eigenvalue weighted by atomic mass is 15.2. The highest BCUT2D eigenvalue weighted by molar-refractivity contribution is 7.03. The molecule has 4 aliphatic heterocycles. The van der Waals surface area contributed by atoms with Gasteiger partial charge in [-0.25, -0.2) is 0 Å². The molecule has 0 atom stereocenters. The third kappa shape index (κ3) is 7.55. The Balaban J connectivity index is 0.931. The Bertz CT molecular complexity index is 5600. The van der Waals surface area contributed by atoms with E-state index in [9.17, 15) is 0 Å². The van der Waals surface area contributed by atoms with Crippen molar-refractivity contribution in [2.24, 2.45) is 0 Å². The Kier molecular flexibility index (Phi) is 11.2. The molecule has 4 nitrogen and oxygen atoms in total. The van der Waals surface area contributed by atoms with Gasteiger partial charge in [-0.2, -0.15) is 0 Å². The first-order chi connectivity index (χ1) is 44.9. The smallest absolute Gasteiger partial charge is 0.252 e. The van der Waals surface area contributed by atoms with Crippen molar-refractivity contribution in [3.8, 4) is 0 Å². The summed E-state index contributed by atoms with van der Waals surface area (Å²) in [7, 11) is 0. The van der Waals surface area contributed by atoms with Gasteiger partial charge in [0, 0.05) is 68.2 Å². The van der Waals surface area contributed by atoms with Gasteiger partial charge in [0.25, 0.3) is 13.4 Å². The second-order valence-corrected chi connectivity index (χ2v) is 28.0. The summed E-state index contributed by atoms with van der Waals surface area (Å²) in [4.78, 5) is 10.5. The van der Waals surface area contributed by atoms with Crippen LogP contribution >= 0.6 is 0 Å². The molecule has 0 bridgehead atoms. The second kappa shape index (κ2) is 19.4. The fraction of sp³-hybridized carbons (Fsp3) is 0.0930. The van der Waals surface area contributed by atoms with Gasteiger partial charge in [0.1, 0.15) is 0 Å². The Morgan fingerprint density at radius 3 is 0.848 bits per heavy atom. The van der Waals surface area contributed by atoms with Gasteiger partial charge in [-0.05, 0) is 210 Å². The molecular formula is C86H64B2N4. The minimum Gasteiger partial charge on any atom is -0.311 e. The molecule has 0 aliphatic carbocycles. The number of anilines is 12. The average molecular weight is 1180 g/mol. The third-order valence-electron chi connectivity index (χ3n) is 20.8. The van der Waals surface area contributed by atoms with Crippen molar-refractivity contribution in [3.63, 3.8) is 0 Å². The fourth-order valence-electron chi connectivity index (χ4n) is 16.6. The zero-order valence-corrected chi connectivity index (χ0v) is 52.5. The van der Waals surface area contributed by atoms with Gasteiger partial charge in [-0.15, -0.1) is 0 Å². The fourth-order valence-corrected chi connectivity index (χ4v) is 16.6. The van der Waals surface area contributed by atoms with Crippen LogP contribution in [0.1, 0.15) is 52.7 Å². The van der Waals surface area contributed by atoms with Gasteiger partial charge in [0.2, 0.25) is 0 Å². The van der Waals surface area contributed by atoms with Gasteiger partial charge in [-0.1, -0.05) is 230 Å². The van der Waals surface area contributed by atoms with Crippen molar-refractivity contribution >= 4 is 179 Å². The van der Waals surface area contributed by atoms with Crippen LogP contribution in [0.25, 0.3) is 64.6 Å². The van der Waals surface area contributed by atoms with Crippen LogP contribution in [0.4, 0.5) is 68.2 Å². The molecule has 19 rings (SSSR count). The second-order valence-electron chi connectivity index (χ2n) is 28.0. The molecule has 0 unspecified atom stereocenters. The zero-order valence-electron chi connectivity index (χ0n) is 52.5. The first-order valence-corrected chi connectivity index (χ1v) is 32.6. The predicted octanol–water partition coefficient (Wildman–Crippen LogP) is 19.4. The van der Waals surface area contributed by atoms with Crippen LogP contribution in [0.2, 0.25) is 0 Å². The van der Waals surface area contributed by atoms with E-state index in [0.29, 0.717) is 0 Å². The van der Waals surface area contributed by atoms with Crippen molar-refractivity contribution in [1.29, 1.82) is 0 Å². The summed E-state index contributed by atoms with van der Waals surface area (Å²) in [6, 6.07) is 107. The summed E-state index contributed by atoms with van der Waals surface area (Å²) in [6.07, 6.45) is 0. The summed E-state index contributed by atoms with van der Waals surface area (Å²) in [6.45, 7) is 14.0. The Labute approximate surface area is 538 Å². The first-order valence-electron chi connectivity index (χ1n) is 32.6. The lowest BCUT2D eigenvalue weighted by Gasteiger charge is -2.48. The SMILES string of the molecule is CC(C)(C)c1cc2c3c(c1)N(c1ccccc1)c1cc4c(cc1B3c1ccccc1N2c1ccc2c3ccccc3c3ccccc3c2c1)B1c2ccccc2N(c2ccccc2)c2cc(C(C)(C)C)cc(c21)N4c1ccc2c3ccccc3c3ccccc3c2c1. The lowest BCUT2D eigenvalue weighted by atomic mass is 9.30. The zero-order chi connectivity index (χ0) is 61.5. The summed E-state index contributed by atoms with van der Waals surface area (Å²) in [5.74, 6) is 0. The summed E-state index contributed by atoms with van der Waals surface area (Å²) < 4.78 is 0. The van der Waals surface area contributed by atoms with Crippen molar-refractivity contribution in [2.75, 3.05) is 19.6 Å². The van der Waals surface area contributed by atoms with Crippen LogP contribution in [0, 0.1) is 0 Å². The van der Waals surface area contributed by atoms with Crippen molar-refractivity contribution in [1.82, 2.24) is 0 Å². The van der Waals surface area contributed by atoms with Gasteiger partial charge in [-0.3, -0.25) is 0 Å². The molecule has 4 aliphatic rings. The maximum atomic E-state index is 2.68. The van der Waals surface area contributed by atoms with E-state index in [-0.39, 0.29) is 24.3 Å². The van der Waals surface area contributed by atoms with Crippen molar-refractivity contribution < 1.29 is 0 Å². The molecule has 4 heterocycles. The monoisotopic (exact) mass is 1170 g/mol. The molecule has 15 aromatic carbocycles. The molecular weight excluding hydrogens is 1110 g/mol. The molecule has 434 valence electrons. The largest absolute Gasteiger partial charge is 0.311 e. The minimum absolute atomic E-state index is 0.111. The van der Waals surface area contributed by atoms with Crippen LogP contribution in [0.5, 0.6) is 0 Å². The minimum atomic E-state index is -0.197. The summed E-state index contributed by atoms with van der Waals surface area (Å²) in [5.41, 5.74) is 24.2. The van der Waals surface area contributed by atoms with Crippen LogP contribution in [-0.2, 0) is 10.8 Å². The van der Waals surface area contributed by atoms with Crippen LogP contribution in [0.3, 0.4) is 0 Å². The summed E-state index contributed by atoms with van der Waals surface area (Å²) >= 11 is 0. The molecule has 0 saturated carbocycles. The Morgan fingerprint density at radius 2 is 0.489 bits per heavy atom. The highest BCUT2D eigenvalue weighted by Gasteiger charge is 2.49. The van der Waals surface area contributed by atoms with Crippen LogP contribution < -0.4 is 52.4 Å². The molecule has 0 radical (unpaired) electrons. The third-order valence-corrected chi connectivity index (χ3v) is 20.8. The average Bonchev–Trinajstić information content (AvgIpc) is 0.687. The Hall–Kier alpha value is -10.8. The molecule has 0 spiro atoms. The molecule has 0 N–H and O–H groups in total. The van der Waals surface area contributed by atoms with E-state index in [1.54, 1.807) is 0 Å².